The molecule has 2 amide bonds. The highest BCUT2D eigenvalue weighted by Crippen LogP contribution is 2.33. The third-order valence-corrected chi connectivity index (χ3v) is 4.63. The lowest BCUT2D eigenvalue weighted by Crippen LogP contribution is -2.41. The summed E-state index contributed by atoms with van der Waals surface area (Å²) in [6.45, 7) is 5.66. The molecule has 0 saturated carbocycles. The van der Waals surface area contributed by atoms with Crippen LogP contribution in [0.1, 0.15) is 22.8 Å². The largest absolute Gasteiger partial charge is 0.438 e. The normalized spacial score (nSPS) is 13.8. The summed E-state index contributed by atoms with van der Waals surface area (Å²) in [4.78, 5) is 34.8. The van der Waals surface area contributed by atoms with Crippen molar-refractivity contribution in [3.8, 4) is 11.6 Å². The molecule has 1 aliphatic heterocycles. The highest BCUT2D eigenvalue weighted by atomic mass is 16.5. The third-order valence-electron chi connectivity index (χ3n) is 4.63. The number of benzene rings is 2. The Hall–Kier alpha value is -4.00. The fraction of sp³-hybridized carbons (Fsp3) is 0.0909. The lowest BCUT2D eigenvalue weighted by Gasteiger charge is -2.24. The van der Waals surface area contributed by atoms with Crippen molar-refractivity contribution in [1.29, 1.82) is 0 Å². The molecule has 0 aliphatic carbocycles. The predicted octanol–water partition coefficient (Wildman–Crippen LogP) is 3.72. The molecule has 1 aromatic heterocycles. The Balaban J connectivity index is 1.43. The van der Waals surface area contributed by atoms with Gasteiger partial charge in [-0.25, -0.2) is 4.98 Å². The van der Waals surface area contributed by atoms with Gasteiger partial charge in [0.15, 0.2) is 0 Å². The minimum atomic E-state index is -0.710. The van der Waals surface area contributed by atoms with Gasteiger partial charge in [0.2, 0.25) is 11.8 Å². The van der Waals surface area contributed by atoms with Crippen LogP contribution < -0.4 is 10.1 Å². The Morgan fingerprint density at radius 3 is 2.48 bits per heavy atom. The summed E-state index contributed by atoms with van der Waals surface area (Å²) < 4.78 is 5.58. The summed E-state index contributed by atoms with van der Waals surface area (Å²) in [6.07, 6.45) is 4.61. The first-order valence-electron chi connectivity index (χ1n) is 9.01. The van der Waals surface area contributed by atoms with Gasteiger partial charge >= 0.3 is 0 Å². The van der Waals surface area contributed by atoms with E-state index in [9.17, 15) is 9.59 Å². The molecule has 29 heavy (non-hydrogen) atoms. The molecule has 7 nitrogen and oxygen atoms in total. The van der Waals surface area contributed by atoms with Gasteiger partial charge in [-0.15, -0.1) is 0 Å². The van der Waals surface area contributed by atoms with E-state index in [1.165, 1.54) is 17.3 Å². The summed E-state index contributed by atoms with van der Waals surface area (Å²) in [5.74, 6) is 0.412. The van der Waals surface area contributed by atoms with Gasteiger partial charge in [-0.05, 0) is 37.3 Å². The zero-order valence-electron chi connectivity index (χ0n) is 15.7. The Bertz CT molecular complexity index is 1050. The fourth-order valence-electron chi connectivity index (χ4n) is 3.14. The molecule has 3 aromatic rings. The number of anilines is 1. The molecule has 1 atom stereocenters. The van der Waals surface area contributed by atoms with E-state index in [1.54, 1.807) is 49.5 Å². The van der Waals surface area contributed by atoms with Crippen molar-refractivity contribution in [3.05, 3.63) is 84.8 Å². The Kier molecular flexibility index (Phi) is 4.78. The summed E-state index contributed by atoms with van der Waals surface area (Å²) in [5, 5.41) is 2.82. The number of nitrogens with zero attached hydrogens (tertiary/aromatic N) is 3. The predicted molar refractivity (Wildman–Crippen MR) is 108 cm³/mol. The Morgan fingerprint density at radius 2 is 1.83 bits per heavy atom. The van der Waals surface area contributed by atoms with Crippen LogP contribution in [0.4, 0.5) is 5.69 Å². The average Bonchev–Trinajstić information content (AvgIpc) is 3.00. The minimum Gasteiger partial charge on any atom is -0.438 e. The maximum Gasteiger partial charge on any atom is 0.259 e. The van der Waals surface area contributed by atoms with Gasteiger partial charge < -0.3 is 10.1 Å². The number of amides is 2. The monoisotopic (exact) mass is 386 g/mol. The molecule has 7 heteroatoms. The molecule has 0 bridgehead atoms. The van der Waals surface area contributed by atoms with Crippen LogP contribution in [0.5, 0.6) is 11.6 Å². The van der Waals surface area contributed by atoms with Crippen LogP contribution in [-0.2, 0) is 4.79 Å². The second-order valence-corrected chi connectivity index (χ2v) is 6.50. The average molecular weight is 386 g/mol. The van der Waals surface area contributed by atoms with Crippen molar-refractivity contribution >= 4 is 23.2 Å². The number of aromatic nitrogens is 2. The second kappa shape index (κ2) is 7.55. The lowest BCUT2D eigenvalue weighted by atomic mass is 10.1. The standard InChI is InChI=1S/C22H18N4O3/c1-14-18-5-3-4-6-19(18)22(28)26(14)15(2)21(27)25-16-7-9-17(10-8-16)29-20-13-23-11-12-24-20/h3-13,15H,1H2,2H3,(H,25,27). The van der Waals surface area contributed by atoms with Gasteiger partial charge in [-0.3, -0.25) is 19.5 Å². The molecule has 4 rings (SSSR count). The first-order chi connectivity index (χ1) is 14.0. The minimum absolute atomic E-state index is 0.221. The van der Waals surface area contributed by atoms with Gasteiger partial charge in [0.05, 0.1) is 6.20 Å². The van der Waals surface area contributed by atoms with Crippen LogP contribution in [0.15, 0.2) is 73.7 Å². The molecule has 1 N–H and O–H groups in total. The van der Waals surface area contributed by atoms with Crippen LogP contribution in [0.25, 0.3) is 5.70 Å². The van der Waals surface area contributed by atoms with Crippen LogP contribution >= 0.6 is 0 Å². The maximum atomic E-state index is 12.7. The highest BCUT2D eigenvalue weighted by Gasteiger charge is 2.36. The molecule has 2 heterocycles. The second-order valence-electron chi connectivity index (χ2n) is 6.50. The van der Waals surface area contributed by atoms with E-state index in [-0.39, 0.29) is 11.8 Å². The zero-order chi connectivity index (χ0) is 20.4. The van der Waals surface area contributed by atoms with E-state index in [4.69, 9.17) is 4.74 Å². The van der Waals surface area contributed by atoms with Crippen molar-refractivity contribution < 1.29 is 14.3 Å². The molecule has 144 valence electrons. The SMILES string of the molecule is C=C1c2ccccc2C(=O)N1C(C)C(=O)Nc1ccc(Oc2cnccn2)cc1. The quantitative estimate of drug-likeness (QED) is 0.722. The lowest BCUT2D eigenvalue weighted by molar-refractivity contribution is -0.119. The van der Waals surface area contributed by atoms with E-state index in [1.807, 2.05) is 12.1 Å². The number of fused-ring (bicyclic) bond motifs is 1. The molecule has 1 unspecified atom stereocenters. The van der Waals surface area contributed by atoms with Gasteiger partial charge in [-0.1, -0.05) is 24.8 Å². The summed E-state index contributed by atoms with van der Waals surface area (Å²) in [6, 6.07) is 13.4. The molecule has 0 spiro atoms. The Morgan fingerprint density at radius 1 is 1.10 bits per heavy atom. The van der Waals surface area contributed by atoms with Crippen molar-refractivity contribution in [1.82, 2.24) is 14.9 Å². The van der Waals surface area contributed by atoms with Crippen LogP contribution in [0.2, 0.25) is 0 Å². The number of rotatable bonds is 5. The zero-order valence-corrected chi connectivity index (χ0v) is 15.7. The van der Waals surface area contributed by atoms with E-state index >= 15 is 0 Å². The molecule has 0 fully saturated rings. The number of nitrogens with one attached hydrogen (secondary N) is 1. The fourth-order valence-corrected chi connectivity index (χ4v) is 3.14. The first-order valence-corrected chi connectivity index (χ1v) is 9.01. The molecule has 1 aliphatic rings. The number of carbonyl (C=O) groups excluding carboxylic acids is 2. The molecular formula is C22H18N4O3. The summed E-state index contributed by atoms with van der Waals surface area (Å²) in [5.41, 5.74) is 2.43. The van der Waals surface area contributed by atoms with E-state index < -0.39 is 6.04 Å². The topological polar surface area (TPSA) is 84.4 Å². The Labute approximate surface area is 167 Å². The number of hydrogen-bond acceptors (Lipinski definition) is 5. The van der Waals surface area contributed by atoms with Crippen molar-refractivity contribution in [2.75, 3.05) is 5.32 Å². The smallest absolute Gasteiger partial charge is 0.259 e. The van der Waals surface area contributed by atoms with Crippen LogP contribution in [0.3, 0.4) is 0 Å². The highest BCUT2D eigenvalue weighted by molar-refractivity contribution is 6.11. The van der Waals surface area contributed by atoms with Gasteiger partial charge in [0.25, 0.3) is 5.91 Å². The van der Waals surface area contributed by atoms with Crippen LogP contribution in [0, 0.1) is 0 Å². The van der Waals surface area contributed by atoms with Crippen molar-refractivity contribution in [2.45, 2.75) is 13.0 Å². The van der Waals surface area contributed by atoms with E-state index in [0.717, 1.165) is 5.56 Å². The van der Waals surface area contributed by atoms with Crippen LogP contribution in [-0.4, -0.2) is 32.7 Å². The van der Waals surface area contributed by atoms with E-state index in [2.05, 4.69) is 21.9 Å². The number of carbonyl (C=O) groups is 2. The number of hydrogen-bond donors (Lipinski definition) is 1. The molecule has 2 aromatic carbocycles. The van der Waals surface area contributed by atoms with Gasteiger partial charge in [0.1, 0.15) is 11.8 Å². The number of ether oxygens (including phenoxy) is 1. The van der Waals surface area contributed by atoms with E-state index in [0.29, 0.717) is 28.6 Å². The van der Waals surface area contributed by atoms with Gasteiger partial charge in [0, 0.05) is 34.9 Å². The van der Waals surface area contributed by atoms with Crippen molar-refractivity contribution in [3.63, 3.8) is 0 Å². The maximum absolute atomic E-state index is 12.7. The summed E-state index contributed by atoms with van der Waals surface area (Å²) in [7, 11) is 0. The third kappa shape index (κ3) is 3.58. The summed E-state index contributed by atoms with van der Waals surface area (Å²) >= 11 is 0. The molecule has 0 radical (unpaired) electrons. The molecular weight excluding hydrogens is 368 g/mol. The molecule has 0 saturated heterocycles. The van der Waals surface area contributed by atoms with Gasteiger partial charge in [-0.2, -0.15) is 0 Å². The van der Waals surface area contributed by atoms with Crippen molar-refractivity contribution in [2.24, 2.45) is 0 Å². The first kappa shape index (κ1) is 18.4.